The molecule has 1 aromatic heterocycles. The molecule has 0 saturated carbocycles. The van der Waals surface area contributed by atoms with Gasteiger partial charge in [0.1, 0.15) is 5.54 Å². The second-order valence-corrected chi connectivity index (χ2v) is 8.20. The molecule has 0 bridgehead atoms. The molecule has 0 aliphatic carbocycles. The Morgan fingerprint density at radius 1 is 1.19 bits per heavy atom. The predicted octanol–water partition coefficient (Wildman–Crippen LogP) is 3.54. The van der Waals surface area contributed by atoms with Gasteiger partial charge in [-0.05, 0) is 59.5 Å². The fourth-order valence-corrected chi connectivity index (χ4v) is 3.93. The van der Waals surface area contributed by atoms with Crippen LogP contribution >= 0.6 is 11.6 Å². The van der Waals surface area contributed by atoms with E-state index < -0.39 is 5.54 Å². The molecule has 0 radical (unpaired) electrons. The molecular formula is C24H22ClN5O2. The van der Waals surface area contributed by atoms with E-state index in [0.717, 1.165) is 22.3 Å². The van der Waals surface area contributed by atoms with E-state index in [-0.39, 0.29) is 17.8 Å². The Hall–Kier alpha value is -3.71. The molecule has 1 unspecified atom stereocenters. The molecule has 162 valence electrons. The Bertz CT molecular complexity index is 1210. The van der Waals surface area contributed by atoms with Gasteiger partial charge in [-0.3, -0.25) is 24.9 Å². The third kappa shape index (κ3) is 3.94. The van der Waals surface area contributed by atoms with Crippen LogP contribution in [-0.4, -0.2) is 34.7 Å². The summed E-state index contributed by atoms with van der Waals surface area (Å²) in [7, 11) is 1.58. The zero-order valence-electron chi connectivity index (χ0n) is 17.6. The highest BCUT2D eigenvalue weighted by Gasteiger charge is 2.45. The minimum Gasteiger partial charge on any atom is -0.348 e. The summed E-state index contributed by atoms with van der Waals surface area (Å²) in [5.41, 5.74) is 2.83. The molecule has 3 N–H and O–H groups in total. The number of benzene rings is 2. The van der Waals surface area contributed by atoms with Crippen molar-refractivity contribution in [1.29, 1.82) is 5.41 Å². The lowest BCUT2D eigenvalue weighted by atomic mass is 9.88. The minimum atomic E-state index is -1.03. The topological polar surface area (TPSA) is 98.2 Å². The third-order valence-electron chi connectivity index (χ3n) is 5.64. The normalized spacial score (nSPS) is 17.9. The van der Waals surface area contributed by atoms with Crippen molar-refractivity contribution in [2.24, 2.45) is 0 Å². The van der Waals surface area contributed by atoms with Crippen LogP contribution in [-0.2, 0) is 16.9 Å². The van der Waals surface area contributed by atoms with Gasteiger partial charge in [0.25, 0.3) is 11.8 Å². The van der Waals surface area contributed by atoms with E-state index in [1.165, 1.54) is 4.90 Å². The number of amides is 2. The smallest absolute Gasteiger partial charge is 0.259 e. The predicted molar refractivity (Wildman–Crippen MR) is 123 cm³/mol. The first kappa shape index (κ1) is 21.5. The van der Waals surface area contributed by atoms with Crippen molar-refractivity contribution in [1.82, 2.24) is 20.5 Å². The molecule has 4 rings (SSSR count). The number of guanidine groups is 1. The Balaban J connectivity index is 1.65. The number of nitrogens with one attached hydrogen (secondary N) is 3. The number of pyridine rings is 1. The van der Waals surface area contributed by atoms with E-state index in [1.54, 1.807) is 44.6 Å². The van der Waals surface area contributed by atoms with Gasteiger partial charge in [-0.1, -0.05) is 35.9 Å². The lowest BCUT2D eigenvalue weighted by molar-refractivity contribution is -0.129. The van der Waals surface area contributed by atoms with Gasteiger partial charge in [0, 0.05) is 36.6 Å². The number of halogens is 1. The van der Waals surface area contributed by atoms with Crippen LogP contribution in [0.2, 0.25) is 5.02 Å². The summed E-state index contributed by atoms with van der Waals surface area (Å²) in [4.78, 5) is 30.5. The van der Waals surface area contributed by atoms with Gasteiger partial charge in [0.05, 0.1) is 0 Å². The van der Waals surface area contributed by atoms with Crippen LogP contribution in [0.1, 0.15) is 28.4 Å². The fourth-order valence-electron chi connectivity index (χ4n) is 3.76. The van der Waals surface area contributed by atoms with Gasteiger partial charge in [-0.25, -0.2) is 0 Å². The van der Waals surface area contributed by atoms with Gasteiger partial charge in [0.15, 0.2) is 5.96 Å². The van der Waals surface area contributed by atoms with E-state index in [2.05, 4.69) is 15.6 Å². The quantitative estimate of drug-likeness (QED) is 0.557. The number of hydrogen-bond donors (Lipinski definition) is 3. The monoisotopic (exact) mass is 447 g/mol. The maximum Gasteiger partial charge on any atom is 0.259 e. The van der Waals surface area contributed by atoms with Crippen molar-refractivity contribution in [3.63, 3.8) is 0 Å². The summed E-state index contributed by atoms with van der Waals surface area (Å²) >= 11 is 6.29. The second kappa shape index (κ2) is 8.43. The number of aromatic nitrogens is 1. The van der Waals surface area contributed by atoms with Crippen LogP contribution in [0, 0.1) is 5.41 Å². The molecular weight excluding hydrogens is 426 g/mol. The van der Waals surface area contributed by atoms with Crippen LogP contribution in [0.25, 0.3) is 11.1 Å². The minimum absolute atomic E-state index is 0.0603. The van der Waals surface area contributed by atoms with Gasteiger partial charge in [-0.15, -0.1) is 0 Å². The molecule has 1 atom stereocenters. The molecule has 8 heteroatoms. The zero-order valence-corrected chi connectivity index (χ0v) is 18.4. The van der Waals surface area contributed by atoms with Crippen molar-refractivity contribution in [3.8, 4) is 11.1 Å². The van der Waals surface area contributed by atoms with Crippen LogP contribution in [0.3, 0.4) is 0 Å². The molecule has 1 aliphatic heterocycles. The average molecular weight is 448 g/mol. The highest BCUT2D eigenvalue weighted by Crippen LogP contribution is 2.33. The van der Waals surface area contributed by atoms with E-state index >= 15 is 0 Å². The third-order valence-corrected chi connectivity index (χ3v) is 5.88. The van der Waals surface area contributed by atoms with Gasteiger partial charge in [-0.2, -0.15) is 0 Å². The Labute approximate surface area is 190 Å². The fraction of sp³-hybridized carbons (Fsp3) is 0.167. The first-order chi connectivity index (χ1) is 15.3. The number of carbonyl (C=O) groups excluding carboxylic acids is 2. The first-order valence-corrected chi connectivity index (χ1v) is 10.4. The number of carbonyl (C=O) groups is 2. The largest absolute Gasteiger partial charge is 0.348 e. The van der Waals surface area contributed by atoms with E-state index in [9.17, 15) is 9.59 Å². The van der Waals surface area contributed by atoms with Crippen molar-refractivity contribution in [2.45, 2.75) is 19.0 Å². The average Bonchev–Trinajstić information content (AvgIpc) is 3.02. The molecule has 0 spiro atoms. The lowest BCUT2D eigenvalue weighted by Crippen LogP contribution is -2.40. The van der Waals surface area contributed by atoms with Crippen molar-refractivity contribution in [2.75, 3.05) is 7.05 Å². The standard InChI is InChI=1S/C24H22ClN5O2/c1-24(22(32)30(2)23(26)29-24)18-5-3-4-16(12-18)20-13-19(25)7-6-17(20)14-28-21(31)15-8-10-27-11-9-15/h3-13H,14H2,1-2H3,(H2,26,29)(H,28,31). The summed E-state index contributed by atoms with van der Waals surface area (Å²) in [6.45, 7) is 2.07. The lowest BCUT2D eigenvalue weighted by Gasteiger charge is -2.23. The summed E-state index contributed by atoms with van der Waals surface area (Å²) < 4.78 is 0. The molecule has 3 aromatic rings. The number of nitrogens with zero attached hydrogens (tertiary/aromatic N) is 2. The summed E-state index contributed by atoms with van der Waals surface area (Å²) in [5, 5.41) is 14.4. The van der Waals surface area contributed by atoms with E-state index in [1.807, 2.05) is 36.4 Å². The summed E-state index contributed by atoms with van der Waals surface area (Å²) in [6, 6.07) is 16.4. The van der Waals surface area contributed by atoms with Crippen LogP contribution < -0.4 is 10.6 Å². The molecule has 1 saturated heterocycles. The molecule has 2 heterocycles. The van der Waals surface area contributed by atoms with Gasteiger partial charge < -0.3 is 10.6 Å². The van der Waals surface area contributed by atoms with Crippen molar-refractivity contribution in [3.05, 3.63) is 88.7 Å². The Morgan fingerprint density at radius 3 is 2.62 bits per heavy atom. The molecule has 1 aliphatic rings. The SMILES string of the molecule is CN1C(=N)NC(C)(c2cccc(-c3cc(Cl)ccc3CNC(=O)c3ccncc3)c2)C1=O. The Morgan fingerprint density at radius 2 is 1.94 bits per heavy atom. The molecule has 1 fully saturated rings. The molecule has 7 nitrogen and oxygen atoms in total. The van der Waals surface area contributed by atoms with Gasteiger partial charge >= 0.3 is 0 Å². The maximum atomic E-state index is 12.8. The highest BCUT2D eigenvalue weighted by atomic mass is 35.5. The highest BCUT2D eigenvalue weighted by molar-refractivity contribution is 6.30. The van der Waals surface area contributed by atoms with E-state index in [4.69, 9.17) is 17.0 Å². The van der Waals surface area contributed by atoms with Crippen molar-refractivity contribution < 1.29 is 9.59 Å². The number of likely N-dealkylation sites (N-methyl/N-ethyl adjacent to an activating group) is 1. The van der Waals surface area contributed by atoms with Crippen LogP contribution in [0.4, 0.5) is 0 Å². The zero-order chi connectivity index (χ0) is 22.9. The van der Waals surface area contributed by atoms with Crippen molar-refractivity contribution >= 4 is 29.4 Å². The van der Waals surface area contributed by atoms with E-state index in [0.29, 0.717) is 17.1 Å². The molecule has 32 heavy (non-hydrogen) atoms. The van der Waals surface area contributed by atoms with Crippen LogP contribution in [0.15, 0.2) is 67.0 Å². The van der Waals surface area contributed by atoms with Crippen LogP contribution in [0.5, 0.6) is 0 Å². The maximum absolute atomic E-state index is 12.8. The summed E-state index contributed by atoms with van der Waals surface area (Å²) in [6.07, 6.45) is 3.15. The first-order valence-electron chi connectivity index (χ1n) is 10.0. The van der Waals surface area contributed by atoms with Gasteiger partial charge in [0.2, 0.25) is 0 Å². The molecule has 2 aromatic carbocycles. The second-order valence-electron chi connectivity index (χ2n) is 7.76. The number of rotatable bonds is 5. The number of hydrogen-bond acceptors (Lipinski definition) is 4. The Kier molecular flexibility index (Phi) is 5.67. The summed E-state index contributed by atoms with van der Waals surface area (Å²) in [5.74, 6) is -0.336. The molecule has 2 amide bonds.